The van der Waals surface area contributed by atoms with E-state index in [9.17, 15) is 9.90 Å². The van der Waals surface area contributed by atoms with Crippen LogP contribution in [0.4, 0.5) is 0 Å². The van der Waals surface area contributed by atoms with Crippen LogP contribution in [0.1, 0.15) is 35.3 Å². The molecule has 1 rings (SSSR count). The number of ketones is 1. The van der Waals surface area contributed by atoms with E-state index in [-0.39, 0.29) is 17.1 Å². The van der Waals surface area contributed by atoms with Gasteiger partial charge in [0.2, 0.25) is 0 Å². The number of phenolic OH excluding ortho intramolecular Hbond substituents is 1. The lowest BCUT2D eigenvalue weighted by Gasteiger charge is -2.06. The average molecular weight is 189 g/mol. The molecule has 1 N–H and O–H groups in total. The molecule has 0 aliphatic carbocycles. The summed E-state index contributed by atoms with van der Waals surface area (Å²) < 4.78 is 0. The molecule has 3 nitrogen and oxygen atoms in total. The highest BCUT2D eigenvalue weighted by Crippen LogP contribution is 2.25. The summed E-state index contributed by atoms with van der Waals surface area (Å²) in [5, 5.41) is 18.4. The molecule has 0 fully saturated rings. The van der Waals surface area contributed by atoms with Gasteiger partial charge in [0, 0.05) is 0 Å². The minimum absolute atomic E-state index is 0.000926. The van der Waals surface area contributed by atoms with Crippen molar-refractivity contribution in [2.75, 3.05) is 0 Å². The summed E-state index contributed by atoms with van der Waals surface area (Å²) in [5.74, 6) is -0.228. The first-order valence-electron chi connectivity index (χ1n) is 4.37. The van der Waals surface area contributed by atoms with Crippen LogP contribution in [0.5, 0.6) is 5.75 Å². The standard InChI is InChI=1S/C11H11NO2/c1-3-9-4-8(6-12)5-10(7(2)13)11(9)14/h4-5,14H,3H2,1-2H3. The van der Waals surface area contributed by atoms with Crippen LogP contribution in [0.15, 0.2) is 12.1 Å². The first-order valence-corrected chi connectivity index (χ1v) is 4.37. The second kappa shape index (κ2) is 3.93. The number of phenols is 1. The van der Waals surface area contributed by atoms with Crippen molar-refractivity contribution in [1.29, 1.82) is 5.26 Å². The van der Waals surface area contributed by atoms with Crippen LogP contribution in [0, 0.1) is 11.3 Å². The molecule has 0 unspecified atom stereocenters. The van der Waals surface area contributed by atoms with Crippen LogP contribution in [0.3, 0.4) is 0 Å². The van der Waals surface area contributed by atoms with Gasteiger partial charge in [0.05, 0.1) is 17.2 Å². The van der Waals surface area contributed by atoms with Crippen LogP contribution in [-0.2, 0) is 6.42 Å². The number of carbonyl (C=O) groups is 1. The fourth-order valence-electron chi connectivity index (χ4n) is 1.30. The molecule has 14 heavy (non-hydrogen) atoms. The third-order valence-electron chi connectivity index (χ3n) is 2.08. The zero-order valence-corrected chi connectivity index (χ0v) is 8.16. The Morgan fingerprint density at radius 2 is 2.21 bits per heavy atom. The van der Waals surface area contributed by atoms with E-state index in [1.807, 2.05) is 13.0 Å². The summed E-state index contributed by atoms with van der Waals surface area (Å²) in [6.07, 6.45) is 0.599. The Hall–Kier alpha value is -1.82. The van der Waals surface area contributed by atoms with Gasteiger partial charge < -0.3 is 5.11 Å². The fraction of sp³-hybridized carbons (Fsp3) is 0.273. The van der Waals surface area contributed by atoms with Crippen molar-refractivity contribution >= 4 is 5.78 Å². The minimum atomic E-state index is -0.227. The number of carbonyl (C=O) groups excluding carboxylic acids is 1. The van der Waals surface area contributed by atoms with E-state index in [1.54, 1.807) is 6.07 Å². The topological polar surface area (TPSA) is 61.1 Å². The molecule has 0 atom stereocenters. The first kappa shape index (κ1) is 10.3. The van der Waals surface area contributed by atoms with Crippen molar-refractivity contribution in [3.05, 3.63) is 28.8 Å². The highest BCUT2D eigenvalue weighted by atomic mass is 16.3. The molecule has 0 saturated carbocycles. The average Bonchev–Trinajstić information content (AvgIpc) is 2.17. The Labute approximate surface area is 82.6 Å². The maximum Gasteiger partial charge on any atom is 0.163 e. The lowest BCUT2D eigenvalue weighted by molar-refractivity contribution is 0.101. The predicted octanol–water partition coefficient (Wildman–Crippen LogP) is 2.03. The van der Waals surface area contributed by atoms with E-state index in [4.69, 9.17) is 5.26 Å². The zero-order valence-electron chi connectivity index (χ0n) is 8.16. The number of aryl methyl sites for hydroxylation is 1. The van der Waals surface area contributed by atoms with Crippen LogP contribution in [-0.4, -0.2) is 10.9 Å². The van der Waals surface area contributed by atoms with E-state index in [0.29, 0.717) is 17.5 Å². The van der Waals surface area contributed by atoms with Gasteiger partial charge in [0.1, 0.15) is 5.75 Å². The second-order valence-electron chi connectivity index (χ2n) is 3.05. The maximum atomic E-state index is 11.1. The summed E-state index contributed by atoms with van der Waals surface area (Å²) in [7, 11) is 0. The highest BCUT2D eigenvalue weighted by molar-refractivity contribution is 5.97. The highest BCUT2D eigenvalue weighted by Gasteiger charge is 2.11. The summed E-state index contributed by atoms with van der Waals surface area (Å²) in [4.78, 5) is 11.1. The van der Waals surface area contributed by atoms with Gasteiger partial charge in [-0.1, -0.05) is 6.92 Å². The van der Waals surface area contributed by atoms with E-state index in [2.05, 4.69) is 0 Å². The minimum Gasteiger partial charge on any atom is -0.507 e. The molecule has 0 bridgehead atoms. The van der Waals surface area contributed by atoms with Crippen molar-refractivity contribution in [2.45, 2.75) is 20.3 Å². The van der Waals surface area contributed by atoms with E-state index in [0.717, 1.165) is 0 Å². The van der Waals surface area contributed by atoms with Gasteiger partial charge in [-0.25, -0.2) is 0 Å². The molecule has 1 aromatic rings. The predicted molar refractivity (Wildman–Crippen MR) is 52.2 cm³/mol. The number of rotatable bonds is 2. The molecule has 0 aromatic heterocycles. The van der Waals surface area contributed by atoms with E-state index in [1.165, 1.54) is 13.0 Å². The van der Waals surface area contributed by atoms with Gasteiger partial charge in [-0.3, -0.25) is 4.79 Å². The van der Waals surface area contributed by atoms with Crippen LogP contribution in [0.2, 0.25) is 0 Å². The SMILES string of the molecule is CCc1cc(C#N)cc(C(C)=O)c1O. The van der Waals surface area contributed by atoms with Crippen LogP contribution >= 0.6 is 0 Å². The van der Waals surface area contributed by atoms with Crippen molar-refractivity contribution < 1.29 is 9.90 Å². The Bertz CT molecular complexity index is 416. The Morgan fingerprint density at radius 1 is 1.57 bits per heavy atom. The largest absolute Gasteiger partial charge is 0.507 e. The molecule has 0 aliphatic heterocycles. The third kappa shape index (κ3) is 1.74. The van der Waals surface area contributed by atoms with Crippen molar-refractivity contribution in [3.8, 4) is 11.8 Å². The molecular weight excluding hydrogens is 178 g/mol. The molecule has 0 amide bonds. The molecule has 0 saturated heterocycles. The van der Waals surface area contributed by atoms with Gasteiger partial charge >= 0.3 is 0 Å². The number of benzene rings is 1. The number of nitriles is 1. The Balaban J connectivity index is 3.44. The number of nitrogens with zero attached hydrogens (tertiary/aromatic N) is 1. The fourth-order valence-corrected chi connectivity index (χ4v) is 1.30. The molecule has 1 aromatic carbocycles. The van der Waals surface area contributed by atoms with Gasteiger partial charge in [-0.15, -0.1) is 0 Å². The summed E-state index contributed by atoms with van der Waals surface area (Å²) in [6.45, 7) is 3.23. The number of aromatic hydroxyl groups is 1. The Kier molecular flexibility index (Phi) is 2.88. The summed E-state index contributed by atoms with van der Waals surface area (Å²) >= 11 is 0. The normalized spacial score (nSPS) is 9.50. The van der Waals surface area contributed by atoms with Crippen molar-refractivity contribution in [2.24, 2.45) is 0 Å². The smallest absolute Gasteiger partial charge is 0.163 e. The quantitative estimate of drug-likeness (QED) is 0.724. The molecule has 3 heteroatoms. The second-order valence-corrected chi connectivity index (χ2v) is 3.05. The van der Waals surface area contributed by atoms with E-state index >= 15 is 0 Å². The number of hydrogen-bond donors (Lipinski definition) is 1. The third-order valence-corrected chi connectivity index (χ3v) is 2.08. The zero-order chi connectivity index (χ0) is 10.7. The molecule has 0 heterocycles. The van der Waals surface area contributed by atoms with Gasteiger partial charge in [-0.05, 0) is 31.0 Å². The summed E-state index contributed by atoms with van der Waals surface area (Å²) in [5.41, 5.74) is 1.26. The number of Topliss-reactive ketones (excluding diaryl/α,β-unsaturated/α-hetero) is 1. The van der Waals surface area contributed by atoms with Crippen molar-refractivity contribution in [1.82, 2.24) is 0 Å². The first-order chi connectivity index (χ1) is 6.60. The summed E-state index contributed by atoms with van der Waals surface area (Å²) in [6, 6.07) is 4.97. The molecule has 0 radical (unpaired) electrons. The maximum absolute atomic E-state index is 11.1. The monoisotopic (exact) mass is 189 g/mol. The molecule has 0 spiro atoms. The lowest BCUT2D eigenvalue weighted by Crippen LogP contribution is -1.97. The number of hydrogen-bond acceptors (Lipinski definition) is 3. The van der Waals surface area contributed by atoms with Crippen molar-refractivity contribution in [3.63, 3.8) is 0 Å². The Morgan fingerprint density at radius 3 is 2.64 bits per heavy atom. The van der Waals surface area contributed by atoms with Gasteiger partial charge in [0.15, 0.2) is 5.78 Å². The molecule has 0 aliphatic rings. The van der Waals surface area contributed by atoms with Gasteiger partial charge in [-0.2, -0.15) is 5.26 Å². The van der Waals surface area contributed by atoms with E-state index < -0.39 is 0 Å². The molecular formula is C11H11NO2. The molecule has 72 valence electrons. The van der Waals surface area contributed by atoms with Crippen LogP contribution < -0.4 is 0 Å². The van der Waals surface area contributed by atoms with Crippen LogP contribution in [0.25, 0.3) is 0 Å². The van der Waals surface area contributed by atoms with Gasteiger partial charge in [0.25, 0.3) is 0 Å². The lowest BCUT2D eigenvalue weighted by atomic mass is 10.0.